The third kappa shape index (κ3) is 4.94. The second kappa shape index (κ2) is 10.4. The van der Waals surface area contributed by atoms with Gasteiger partial charge in [-0.15, -0.1) is 11.3 Å². The Morgan fingerprint density at radius 3 is 2.53 bits per heavy atom. The fourth-order valence-electron chi connectivity index (χ4n) is 3.76. The number of rotatable bonds is 8. The van der Waals surface area contributed by atoms with Gasteiger partial charge in [0.1, 0.15) is 6.61 Å². The lowest BCUT2D eigenvalue weighted by atomic mass is 10.2. The van der Waals surface area contributed by atoms with E-state index in [1.807, 2.05) is 18.0 Å². The summed E-state index contributed by atoms with van der Waals surface area (Å²) in [5.41, 5.74) is 1.80. The SMILES string of the molecule is COc1ncc(-c2nc(N3CCOCC3)c3sc(CN(C)c4ncc(C(=O)CO)cn4)cc3n2)cn1. The second-order valence-electron chi connectivity index (χ2n) is 8.06. The van der Waals surface area contributed by atoms with Crippen LogP contribution in [0.5, 0.6) is 6.01 Å². The predicted molar refractivity (Wildman–Crippen MR) is 134 cm³/mol. The van der Waals surface area contributed by atoms with Gasteiger partial charge in [0.25, 0.3) is 0 Å². The topological polar surface area (TPSA) is 140 Å². The number of ether oxygens (including phenoxy) is 2. The average Bonchev–Trinajstić information content (AvgIpc) is 3.35. The lowest BCUT2D eigenvalue weighted by Gasteiger charge is -2.28. The number of morpholine rings is 1. The first-order valence-corrected chi connectivity index (χ1v) is 12.0. The normalized spacial score (nSPS) is 13.7. The van der Waals surface area contributed by atoms with Crippen molar-refractivity contribution in [2.75, 3.05) is 56.9 Å². The Balaban J connectivity index is 1.47. The molecule has 5 rings (SSSR count). The van der Waals surface area contributed by atoms with E-state index in [0.29, 0.717) is 37.1 Å². The van der Waals surface area contributed by atoms with Crippen molar-refractivity contribution in [1.82, 2.24) is 29.9 Å². The highest BCUT2D eigenvalue weighted by atomic mass is 32.1. The Morgan fingerprint density at radius 2 is 1.86 bits per heavy atom. The third-order valence-corrected chi connectivity index (χ3v) is 6.73. The average molecular weight is 509 g/mol. The number of hydrogen-bond acceptors (Lipinski definition) is 13. The van der Waals surface area contributed by atoms with Gasteiger partial charge in [-0.2, -0.15) is 0 Å². The summed E-state index contributed by atoms with van der Waals surface area (Å²) in [7, 11) is 3.40. The van der Waals surface area contributed by atoms with Crippen LogP contribution < -0.4 is 14.5 Å². The largest absolute Gasteiger partial charge is 0.467 e. The standard InChI is InChI=1S/C23H24N8O4S/c1-30(22-24-8-14(9-25-22)18(33)13-32)12-16-7-17-19(36-16)21(31-3-5-35-6-4-31)29-20(28-17)15-10-26-23(34-2)27-11-15/h7-11,32H,3-6,12-13H2,1-2H3. The van der Waals surface area contributed by atoms with E-state index in [-0.39, 0.29) is 11.6 Å². The first kappa shape index (κ1) is 23.9. The summed E-state index contributed by atoms with van der Waals surface area (Å²) in [6.45, 7) is 2.73. The van der Waals surface area contributed by atoms with E-state index in [1.54, 1.807) is 23.7 Å². The van der Waals surface area contributed by atoms with E-state index in [0.717, 1.165) is 34.0 Å². The summed E-state index contributed by atoms with van der Waals surface area (Å²) in [4.78, 5) is 43.4. The first-order valence-electron chi connectivity index (χ1n) is 11.2. The first-order chi connectivity index (χ1) is 17.6. The van der Waals surface area contributed by atoms with Gasteiger partial charge in [0.15, 0.2) is 17.4 Å². The van der Waals surface area contributed by atoms with Crippen LogP contribution in [0.3, 0.4) is 0 Å². The molecule has 1 aliphatic heterocycles. The molecule has 1 saturated heterocycles. The number of hydrogen-bond donors (Lipinski definition) is 1. The molecule has 0 aromatic carbocycles. The van der Waals surface area contributed by atoms with E-state index < -0.39 is 12.4 Å². The maximum atomic E-state index is 11.6. The molecular weight excluding hydrogens is 484 g/mol. The van der Waals surface area contributed by atoms with Crippen molar-refractivity contribution in [2.24, 2.45) is 0 Å². The lowest BCUT2D eigenvalue weighted by molar-refractivity contribution is 0.0903. The smallest absolute Gasteiger partial charge is 0.316 e. The Morgan fingerprint density at radius 1 is 1.14 bits per heavy atom. The summed E-state index contributed by atoms with van der Waals surface area (Å²) in [6, 6.07) is 2.32. The van der Waals surface area contributed by atoms with E-state index in [9.17, 15) is 4.79 Å². The molecular formula is C23H24N8O4S. The lowest BCUT2D eigenvalue weighted by Crippen LogP contribution is -2.36. The van der Waals surface area contributed by atoms with Gasteiger partial charge in [-0.05, 0) is 6.07 Å². The summed E-state index contributed by atoms with van der Waals surface area (Å²) < 4.78 is 11.6. The molecule has 186 valence electrons. The van der Waals surface area contributed by atoms with Gasteiger partial charge in [0, 0.05) is 49.8 Å². The van der Waals surface area contributed by atoms with Crippen LogP contribution in [-0.2, 0) is 11.3 Å². The van der Waals surface area contributed by atoms with Crippen molar-refractivity contribution >= 4 is 39.1 Å². The van der Waals surface area contributed by atoms with Crippen molar-refractivity contribution in [3.05, 3.63) is 41.3 Å². The van der Waals surface area contributed by atoms with Crippen LogP contribution in [-0.4, -0.2) is 87.9 Å². The van der Waals surface area contributed by atoms with E-state index in [1.165, 1.54) is 19.5 Å². The maximum Gasteiger partial charge on any atom is 0.316 e. The highest BCUT2D eigenvalue weighted by Gasteiger charge is 2.21. The number of thiophene rings is 1. The van der Waals surface area contributed by atoms with Crippen molar-refractivity contribution in [3.63, 3.8) is 0 Å². The Labute approximate surface area is 210 Å². The molecule has 0 aliphatic carbocycles. The van der Waals surface area contributed by atoms with Crippen LogP contribution in [0.15, 0.2) is 30.9 Å². The highest BCUT2D eigenvalue weighted by molar-refractivity contribution is 7.19. The zero-order valence-corrected chi connectivity index (χ0v) is 20.6. The summed E-state index contributed by atoms with van der Waals surface area (Å²) in [5, 5.41) is 9.01. The molecule has 0 radical (unpaired) electrons. The molecule has 1 N–H and O–H groups in total. The van der Waals surface area contributed by atoms with Gasteiger partial charge >= 0.3 is 6.01 Å². The van der Waals surface area contributed by atoms with Gasteiger partial charge in [0.2, 0.25) is 5.95 Å². The molecule has 12 nitrogen and oxygen atoms in total. The predicted octanol–water partition coefficient (Wildman–Crippen LogP) is 1.59. The number of ketones is 1. The fourth-order valence-corrected chi connectivity index (χ4v) is 4.92. The number of carbonyl (C=O) groups is 1. The monoisotopic (exact) mass is 508 g/mol. The Hall–Kier alpha value is -3.81. The highest BCUT2D eigenvalue weighted by Crippen LogP contribution is 2.35. The van der Waals surface area contributed by atoms with Gasteiger partial charge in [-0.3, -0.25) is 4.79 Å². The summed E-state index contributed by atoms with van der Waals surface area (Å²) in [6.07, 6.45) is 6.15. The van der Waals surface area contributed by atoms with E-state index in [4.69, 9.17) is 24.5 Å². The Kier molecular flexibility index (Phi) is 6.93. The molecule has 0 saturated carbocycles. The summed E-state index contributed by atoms with van der Waals surface area (Å²) >= 11 is 1.62. The van der Waals surface area contributed by atoms with Gasteiger partial charge in [-0.25, -0.2) is 29.9 Å². The molecule has 5 heterocycles. The van der Waals surface area contributed by atoms with Crippen LogP contribution in [0.1, 0.15) is 15.2 Å². The van der Waals surface area contributed by atoms with Crippen LogP contribution in [0.2, 0.25) is 0 Å². The zero-order chi connectivity index (χ0) is 25.1. The fraction of sp³-hybridized carbons (Fsp3) is 0.348. The molecule has 0 unspecified atom stereocenters. The van der Waals surface area contributed by atoms with Crippen LogP contribution in [0.4, 0.5) is 11.8 Å². The van der Waals surface area contributed by atoms with Crippen molar-refractivity contribution in [3.8, 4) is 17.4 Å². The van der Waals surface area contributed by atoms with Crippen LogP contribution in [0, 0.1) is 0 Å². The number of aromatic nitrogens is 6. The number of Topliss-reactive ketones (excluding diaryl/α,β-unsaturated/α-hetero) is 1. The number of aliphatic hydroxyl groups is 1. The summed E-state index contributed by atoms with van der Waals surface area (Å²) in [5.74, 6) is 1.45. The molecule has 0 spiro atoms. The maximum absolute atomic E-state index is 11.6. The minimum absolute atomic E-state index is 0.275. The molecule has 0 amide bonds. The third-order valence-electron chi connectivity index (χ3n) is 5.62. The van der Waals surface area contributed by atoms with E-state index >= 15 is 0 Å². The van der Waals surface area contributed by atoms with Crippen LogP contribution in [0.25, 0.3) is 21.6 Å². The second-order valence-corrected chi connectivity index (χ2v) is 9.20. The minimum Gasteiger partial charge on any atom is -0.467 e. The van der Waals surface area contributed by atoms with Crippen molar-refractivity contribution in [1.29, 1.82) is 0 Å². The molecule has 4 aromatic heterocycles. The number of nitrogens with zero attached hydrogens (tertiary/aromatic N) is 8. The molecule has 13 heteroatoms. The number of carbonyl (C=O) groups excluding carboxylic acids is 1. The van der Waals surface area contributed by atoms with Crippen molar-refractivity contribution in [2.45, 2.75) is 6.54 Å². The molecule has 0 bridgehead atoms. The number of fused-ring (bicyclic) bond motifs is 1. The van der Waals surface area contributed by atoms with Gasteiger partial charge < -0.3 is 24.4 Å². The number of aliphatic hydroxyl groups excluding tert-OH is 1. The molecule has 36 heavy (non-hydrogen) atoms. The van der Waals surface area contributed by atoms with Crippen molar-refractivity contribution < 1.29 is 19.4 Å². The minimum atomic E-state index is -0.572. The quantitative estimate of drug-likeness (QED) is 0.346. The zero-order valence-electron chi connectivity index (χ0n) is 19.8. The molecule has 1 aliphatic rings. The molecule has 0 atom stereocenters. The molecule has 1 fully saturated rings. The van der Waals surface area contributed by atoms with Gasteiger partial charge in [-0.1, -0.05) is 0 Å². The Bertz CT molecular complexity index is 1360. The van der Waals surface area contributed by atoms with Crippen LogP contribution >= 0.6 is 11.3 Å². The number of anilines is 2. The molecule has 4 aromatic rings. The van der Waals surface area contributed by atoms with Gasteiger partial charge in [0.05, 0.1) is 48.2 Å². The van der Waals surface area contributed by atoms with E-state index in [2.05, 4.69) is 24.8 Å². The number of methoxy groups -OCH3 is 1.